The van der Waals surface area contributed by atoms with Crippen molar-refractivity contribution in [2.75, 3.05) is 20.1 Å². The molecule has 0 aliphatic heterocycles. The zero-order valence-electron chi connectivity index (χ0n) is 10.3. The van der Waals surface area contributed by atoms with Crippen LogP contribution in [0.1, 0.15) is 0 Å². The molecule has 0 spiro atoms. The molecule has 106 valence electrons. The number of sulfonamides is 1. The van der Waals surface area contributed by atoms with Gasteiger partial charge >= 0.3 is 0 Å². The lowest BCUT2D eigenvalue weighted by Gasteiger charge is -2.19. The Balaban J connectivity index is 3.17. The molecule has 0 aromatic heterocycles. The average Bonchev–Trinajstić information content (AvgIpc) is 2.38. The van der Waals surface area contributed by atoms with Crippen LogP contribution in [0, 0.1) is 10.1 Å². The first kappa shape index (κ1) is 15.5. The number of hydrogen-bond acceptors (Lipinski definition) is 6. The molecule has 0 radical (unpaired) electrons. The van der Waals surface area contributed by atoms with Gasteiger partial charge in [0.15, 0.2) is 4.90 Å². The normalized spacial score (nSPS) is 13.5. The van der Waals surface area contributed by atoms with Crippen LogP contribution in [0.25, 0.3) is 0 Å². The predicted molar refractivity (Wildman–Crippen MR) is 68.0 cm³/mol. The van der Waals surface area contributed by atoms with Gasteiger partial charge < -0.3 is 10.8 Å². The van der Waals surface area contributed by atoms with Gasteiger partial charge in [0.05, 0.1) is 11.0 Å². The fourth-order valence-corrected chi connectivity index (χ4v) is 2.82. The number of aliphatic hydroxyl groups is 1. The van der Waals surface area contributed by atoms with Gasteiger partial charge in [0, 0.05) is 26.2 Å². The van der Waals surface area contributed by atoms with E-state index in [1.807, 2.05) is 0 Å². The maximum Gasteiger partial charge on any atom is 0.289 e. The maximum absolute atomic E-state index is 12.2. The number of nitrogens with two attached hydrogens (primary N) is 1. The molecular formula is C10H15N3O5S. The monoisotopic (exact) mass is 289 g/mol. The molecule has 0 heterocycles. The van der Waals surface area contributed by atoms with Crippen molar-refractivity contribution in [3.05, 3.63) is 34.4 Å². The van der Waals surface area contributed by atoms with Gasteiger partial charge in [-0.3, -0.25) is 10.1 Å². The van der Waals surface area contributed by atoms with Crippen molar-refractivity contribution in [3.63, 3.8) is 0 Å². The lowest BCUT2D eigenvalue weighted by Crippen LogP contribution is -2.37. The number of hydrogen-bond donors (Lipinski definition) is 2. The lowest BCUT2D eigenvalue weighted by atomic mass is 10.3. The number of aliphatic hydroxyl groups excluding tert-OH is 1. The minimum absolute atomic E-state index is 0.100. The second-order valence-corrected chi connectivity index (χ2v) is 5.91. The van der Waals surface area contributed by atoms with Crippen LogP contribution in [0.4, 0.5) is 5.69 Å². The summed E-state index contributed by atoms with van der Waals surface area (Å²) >= 11 is 0. The number of benzene rings is 1. The topological polar surface area (TPSA) is 127 Å². The van der Waals surface area contributed by atoms with E-state index < -0.39 is 31.6 Å². The minimum atomic E-state index is -4.04. The molecule has 0 saturated carbocycles. The van der Waals surface area contributed by atoms with E-state index in [-0.39, 0.29) is 13.1 Å². The molecule has 0 aliphatic rings. The van der Waals surface area contributed by atoms with E-state index in [0.29, 0.717) is 0 Å². The molecule has 1 unspecified atom stereocenters. The lowest BCUT2D eigenvalue weighted by molar-refractivity contribution is -0.387. The van der Waals surface area contributed by atoms with Crippen molar-refractivity contribution in [1.82, 2.24) is 4.31 Å². The third kappa shape index (κ3) is 3.47. The summed E-state index contributed by atoms with van der Waals surface area (Å²) in [6.45, 7) is -0.332. The van der Waals surface area contributed by atoms with Crippen LogP contribution < -0.4 is 5.73 Å². The first-order valence-corrected chi connectivity index (χ1v) is 6.82. The van der Waals surface area contributed by atoms with Crippen LogP contribution in [-0.4, -0.2) is 49.0 Å². The first-order chi connectivity index (χ1) is 8.80. The Morgan fingerprint density at radius 3 is 2.58 bits per heavy atom. The molecule has 1 rings (SSSR count). The average molecular weight is 289 g/mol. The van der Waals surface area contributed by atoms with Gasteiger partial charge in [-0.05, 0) is 6.07 Å². The Hall–Kier alpha value is -1.55. The van der Waals surface area contributed by atoms with E-state index in [0.717, 1.165) is 16.4 Å². The summed E-state index contributed by atoms with van der Waals surface area (Å²) in [5, 5.41) is 20.2. The Kier molecular flexibility index (Phi) is 4.95. The second-order valence-electron chi connectivity index (χ2n) is 3.90. The molecule has 0 fully saturated rings. The van der Waals surface area contributed by atoms with Gasteiger partial charge in [-0.15, -0.1) is 0 Å². The fourth-order valence-electron chi connectivity index (χ4n) is 1.46. The van der Waals surface area contributed by atoms with E-state index >= 15 is 0 Å². The summed E-state index contributed by atoms with van der Waals surface area (Å²) in [5.41, 5.74) is 4.70. The van der Waals surface area contributed by atoms with Crippen molar-refractivity contribution >= 4 is 15.7 Å². The standard InChI is InChI=1S/C10H15N3O5S/c1-12(7-8(14)6-11)19(17,18)10-5-3-2-4-9(10)13(15)16/h2-5,8,14H,6-7,11H2,1H3. The van der Waals surface area contributed by atoms with E-state index in [2.05, 4.69) is 0 Å². The molecule has 8 nitrogen and oxygen atoms in total. The molecule has 1 atom stereocenters. The molecule has 1 aromatic rings. The number of para-hydroxylation sites is 1. The highest BCUT2D eigenvalue weighted by molar-refractivity contribution is 7.89. The highest BCUT2D eigenvalue weighted by Gasteiger charge is 2.29. The Labute approximate surface area is 110 Å². The number of likely N-dealkylation sites (N-methyl/N-ethyl adjacent to an activating group) is 1. The number of nitro benzene ring substituents is 1. The summed E-state index contributed by atoms with van der Waals surface area (Å²) in [7, 11) is -2.82. The molecule has 19 heavy (non-hydrogen) atoms. The van der Waals surface area contributed by atoms with Gasteiger partial charge in [-0.1, -0.05) is 12.1 Å². The van der Waals surface area contributed by atoms with Gasteiger partial charge in [0.1, 0.15) is 0 Å². The predicted octanol–water partition coefficient (Wildman–Crippen LogP) is -0.465. The highest BCUT2D eigenvalue weighted by Crippen LogP contribution is 2.25. The van der Waals surface area contributed by atoms with Crippen molar-refractivity contribution < 1.29 is 18.4 Å². The van der Waals surface area contributed by atoms with E-state index in [4.69, 9.17) is 5.73 Å². The molecule has 0 aliphatic carbocycles. The third-order valence-electron chi connectivity index (χ3n) is 2.49. The third-order valence-corrected chi connectivity index (χ3v) is 4.36. The number of nitro groups is 1. The van der Waals surface area contributed by atoms with Gasteiger partial charge in [-0.25, -0.2) is 8.42 Å². The Morgan fingerprint density at radius 2 is 2.05 bits per heavy atom. The Bertz CT molecular complexity index is 560. The van der Waals surface area contributed by atoms with Crippen LogP contribution in [0.3, 0.4) is 0 Å². The molecule has 3 N–H and O–H groups in total. The fraction of sp³-hybridized carbons (Fsp3) is 0.400. The van der Waals surface area contributed by atoms with Gasteiger partial charge in [0.2, 0.25) is 10.0 Å². The van der Waals surface area contributed by atoms with Crippen molar-refractivity contribution in [1.29, 1.82) is 0 Å². The summed E-state index contributed by atoms with van der Waals surface area (Å²) in [6.07, 6.45) is -1.03. The highest BCUT2D eigenvalue weighted by atomic mass is 32.2. The van der Waals surface area contributed by atoms with Crippen molar-refractivity contribution in [2.45, 2.75) is 11.0 Å². The quantitative estimate of drug-likeness (QED) is 0.538. The van der Waals surface area contributed by atoms with Crippen LogP contribution in [0.2, 0.25) is 0 Å². The summed E-state index contributed by atoms with van der Waals surface area (Å²) in [4.78, 5) is 9.65. The minimum Gasteiger partial charge on any atom is -0.390 e. The molecule has 0 saturated heterocycles. The van der Waals surface area contributed by atoms with E-state index in [9.17, 15) is 23.6 Å². The van der Waals surface area contributed by atoms with Gasteiger partial charge in [-0.2, -0.15) is 4.31 Å². The second kappa shape index (κ2) is 6.06. The van der Waals surface area contributed by atoms with Gasteiger partial charge in [0.25, 0.3) is 5.69 Å². The first-order valence-electron chi connectivity index (χ1n) is 5.38. The maximum atomic E-state index is 12.2. The largest absolute Gasteiger partial charge is 0.390 e. The smallest absolute Gasteiger partial charge is 0.289 e. The summed E-state index contributed by atoms with van der Waals surface area (Å²) in [5.74, 6) is 0. The van der Waals surface area contributed by atoms with Crippen LogP contribution in [0.5, 0.6) is 0 Å². The van der Waals surface area contributed by atoms with Crippen LogP contribution in [0.15, 0.2) is 29.2 Å². The van der Waals surface area contributed by atoms with E-state index in [1.54, 1.807) is 0 Å². The van der Waals surface area contributed by atoms with Crippen LogP contribution >= 0.6 is 0 Å². The summed E-state index contributed by atoms with van der Waals surface area (Å²) < 4.78 is 25.2. The number of rotatable bonds is 6. The molecule has 0 amide bonds. The summed E-state index contributed by atoms with van der Waals surface area (Å²) in [6, 6.07) is 5.04. The SMILES string of the molecule is CN(CC(O)CN)S(=O)(=O)c1ccccc1[N+](=O)[O-]. The van der Waals surface area contributed by atoms with Crippen molar-refractivity contribution in [2.24, 2.45) is 5.73 Å². The zero-order chi connectivity index (χ0) is 14.6. The van der Waals surface area contributed by atoms with Crippen LogP contribution in [-0.2, 0) is 10.0 Å². The molecule has 0 bridgehead atoms. The Morgan fingerprint density at radius 1 is 1.47 bits per heavy atom. The molecule has 1 aromatic carbocycles. The van der Waals surface area contributed by atoms with E-state index in [1.165, 1.54) is 19.2 Å². The molecular weight excluding hydrogens is 274 g/mol. The number of nitrogens with zero attached hydrogens (tertiary/aromatic N) is 2. The zero-order valence-corrected chi connectivity index (χ0v) is 11.1. The molecule has 9 heteroatoms. The van der Waals surface area contributed by atoms with Crippen molar-refractivity contribution in [3.8, 4) is 0 Å².